The second-order valence-electron chi connectivity index (χ2n) is 3.11. The van der Waals surface area contributed by atoms with Gasteiger partial charge in [0.1, 0.15) is 10.7 Å². The Morgan fingerprint density at radius 2 is 2.07 bits per heavy atom. The van der Waals surface area contributed by atoms with Crippen molar-refractivity contribution in [2.75, 3.05) is 6.26 Å². The Labute approximate surface area is 86.3 Å². The van der Waals surface area contributed by atoms with Crippen LogP contribution in [0.25, 0.3) is 0 Å². The van der Waals surface area contributed by atoms with Gasteiger partial charge in [0.15, 0.2) is 9.84 Å². The molecule has 0 aliphatic rings. The van der Waals surface area contributed by atoms with Crippen LogP contribution in [-0.2, 0) is 21.1 Å². The van der Waals surface area contributed by atoms with Crippen molar-refractivity contribution in [1.82, 2.24) is 0 Å². The average Bonchev–Trinajstić information content (AvgIpc) is 1.99. The molecule has 0 radical (unpaired) electrons. The maximum atomic E-state index is 13.2. The average molecular weight is 232 g/mol. The van der Waals surface area contributed by atoms with Crippen LogP contribution in [-0.4, -0.2) is 25.7 Å². The van der Waals surface area contributed by atoms with Gasteiger partial charge in [-0.1, -0.05) is 6.07 Å². The quantitative estimate of drug-likeness (QED) is 0.838. The minimum Gasteiger partial charge on any atom is -0.481 e. The molecule has 0 saturated heterocycles. The third kappa shape index (κ3) is 3.02. The number of rotatable bonds is 3. The first-order valence-electron chi connectivity index (χ1n) is 4.01. The van der Waals surface area contributed by atoms with E-state index in [1.807, 2.05) is 0 Å². The summed E-state index contributed by atoms with van der Waals surface area (Å²) < 4.78 is 35.3. The number of carboxylic acids is 1. The van der Waals surface area contributed by atoms with Crippen LogP contribution in [0.3, 0.4) is 0 Å². The van der Waals surface area contributed by atoms with E-state index in [-0.39, 0.29) is 12.0 Å². The normalized spacial score (nSPS) is 11.3. The summed E-state index contributed by atoms with van der Waals surface area (Å²) in [5.41, 5.74) is 0.229. The van der Waals surface area contributed by atoms with Crippen LogP contribution in [0.1, 0.15) is 5.56 Å². The van der Waals surface area contributed by atoms with Gasteiger partial charge in [0, 0.05) is 6.26 Å². The zero-order valence-electron chi connectivity index (χ0n) is 7.90. The summed E-state index contributed by atoms with van der Waals surface area (Å²) in [7, 11) is -3.60. The van der Waals surface area contributed by atoms with E-state index in [4.69, 9.17) is 5.11 Å². The second-order valence-corrected chi connectivity index (χ2v) is 5.09. The first kappa shape index (κ1) is 11.6. The molecule has 1 rings (SSSR count). The molecule has 0 fully saturated rings. The van der Waals surface area contributed by atoms with Crippen molar-refractivity contribution in [3.63, 3.8) is 0 Å². The summed E-state index contributed by atoms with van der Waals surface area (Å²) >= 11 is 0. The molecule has 1 N–H and O–H groups in total. The van der Waals surface area contributed by atoms with Gasteiger partial charge in [-0.2, -0.15) is 0 Å². The predicted octanol–water partition coefficient (Wildman–Crippen LogP) is 0.856. The molecule has 4 nitrogen and oxygen atoms in total. The number of hydrogen-bond donors (Lipinski definition) is 1. The highest BCUT2D eigenvalue weighted by molar-refractivity contribution is 7.90. The molecule has 0 heterocycles. The Hall–Kier alpha value is -1.43. The third-order valence-corrected chi connectivity index (χ3v) is 2.88. The van der Waals surface area contributed by atoms with Crippen LogP contribution in [0, 0.1) is 5.82 Å². The maximum Gasteiger partial charge on any atom is 0.307 e. The molecular formula is C9H9FO4S. The lowest BCUT2D eigenvalue weighted by Crippen LogP contribution is -2.04. The van der Waals surface area contributed by atoms with Crippen LogP contribution in [0.4, 0.5) is 4.39 Å². The van der Waals surface area contributed by atoms with Gasteiger partial charge >= 0.3 is 5.97 Å². The fourth-order valence-corrected chi connectivity index (χ4v) is 1.86. The molecular weight excluding hydrogens is 223 g/mol. The lowest BCUT2D eigenvalue weighted by molar-refractivity contribution is -0.136. The minimum absolute atomic E-state index is 0.229. The highest BCUT2D eigenvalue weighted by Gasteiger charge is 2.14. The van der Waals surface area contributed by atoms with Crippen LogP contribution in [0.15, 0.2) is 23.1 Å². The van der Waals surface area contributed by atoms with Crippen molar-refractivity contribution >= 4 is 15.8 Å². The van der Waals surface area contributed by atoms with E-state index >= 15 is 0 Å². The zero-order chi connectivity index (χ0) is 11.6. The van der Waals surface area contributed by atoms with E-state index in [9.17, 15) is 17.6 Å². The Morgan fingerprint density at radius 3 is 2.47 bits per heavy atom. The number of aliphatic carboxylic acids is 1. The number of hydrogen-bond acceptors (Lipinski definition) is 3. The fraction of sp³-hybridized carbons (Fsp3) is 0.222. The van der Waals surface area contributed by atoms with Crippen LogP contribution in [0.2, 0.25) is 0 Å². The number of benzene rings is 1. The molecule has 0 aliphatic heterocycles. The Kier molecular flexibility index (Phi) is 3.09. The lowest BCUT2D eigenvalue weighted by atomic mass is 10.1. The monoisotopic (exact) mass is 232 g/mol. The summed E-state index contributed by atoms with van der Waals surface area (Å²) in [4.78, 5) is 9.90. The van der Waals surface area contributed by atoms with E-state index in [0.29, 0.717) is 0 Å². The molecule has 0 unspecified atom stereocenters. The standard InChI is InChI=1S/C9H9FO4S/c1-15(13,14)8-3-2-6(4-7(8)10)5-9(11)12/h2-4H,5H2,1H3,(H,11,12). The largest absolute Gasteiger partial charge is 0.481 e. The molecule has 0 aliphatic carbocycles. The number of carbonyl (C=O) groups is 1. The van der Waals surface area contributed by atoms with Crippen molar-refractivity contribution in [3.8, 4) is 0 Å². The number of carboxylic acid groups (broad SMARTS) is 1. The van der Waals surface area contributed by atoms with E-state index < -0.39 is 26.5 Å². The first-order chi connectivity index (χ1) is 6.80. The SMILES string of the molecule is CS(=O)(=O)c1ccc(CC(=O)O)cc1F. The highest BCUT2D eigenvalue weighted by Crippen LogP contribution is 2.16. The van der Waals surface area contributed by atoms with E-state index in [2.05, 4.69) is 0 Å². The minimum atomic E-state index is -3.60. The van der Waals surface area contributed by atoms with E-state index in [0.717, 1.165) is 18.4 Å². The van der Waals surface area contributed by atoms with Gasteiger partial charge in [-0.15, -0.1) is 0 Å². The van der Waals surface area contributed by atoms with Crippen molar-refractivity contribution in [2.45, 2.75) is 11.3 Å². The van der Waals surface area contributed by atoms with Gasteiger partial charge in [0.25, 0.3) is 0 Å². The summed E-state index contributed by atoms with van der Waals surface area (Å²) in [6.07, 6.45) is 0.559. The van der Waals surface area contributed by atoms with Crippen molar-refractivity contribution in [1.29, 1.82) is 0 Å². The molecule has 0 aromatic heterocycles. The molecule has 0 bridgehead atoms. The second kappa shape index (κ2) is 3.98. The lowest BCUT2D eigenvalue weighted by Gasteiger charge is -2.02. The maximum absolute atomic E-state index is 13.2. The molecule has 1 aromatic carbocycles. The molecule has 0 saturated carbocycles. The van der Waals surface area contributed by atoms with Crippen LogP contribution in [0.5, 0.6) is 0 Å². The number of halogens is 1. The van der Waals surface area contributed by atoms with Gasteiger partial charge in [-0.25, -0.2) is 12.8 Å². The van der Waals surface area contributed by atoms with Crippen molar-refractivity contribution in [3.05, 3.63) is 29.6 Å². The predicted molar refractivity (Wildman–Crippen MR) is 50.8 cm³/mol. The van der Waals surface area contributed by atoms with E-state index in [1.54, 1.807) is 0 Å². The Bertz CT molecular complexity index is 493. The van der Waals surface area contributed by atoms with Crippen molar-refractivity contribution in [2.24, 2.45) is 0 Å². The van der Waals surface area contributed by atoms with Gasteiger partial charge < -0.3 is 5.11 Å². The van der Waals surface area contributed by atoms with Crippen LogP contribution < -0.4 is 0 Å². The summed E-state index contributed by atoms with van der Waals surface area (Å²) in [5, 5.41) is 8.45. The molecule has 6 heteroatoms. The zero-order valence-corrected chi connectivity index (χ0v) is 8.71. The summed E-state index contributed by atoms with van der Waals surface area (Å²) in [6, 6.07) is 3.28. The summed E-state index contributed by atoms with van der Waals surface area (Å²) in [6.45, 7) is 0. The van der Waals surface area contributed by atoms with Crippen molar-refractivity contribution < 1.29 is 22.7 Å². The van der Waals surface area contributed by atoms with Gasteiger partial charge in [-0.05, 0) is 17.7 Å². The topological polar surface area (TPSA) is 71.4 Å². The van der Waals surface area contributed by atoms with E-state index in [1.165, 1.54) is 6.07 Å². The van der Waals surface area contributed by atoms with Gasteiger partial charge in [-0.3, -0.25) is 4.79 Å². The molecule has 0 spiro atoms. The fourth-order valence-electron chi connectivity index (χ4n) is 1.13. The van der Waals surface area contributed by atoms with Gasteiger partial charge in [0.2, 0.25) is 0 Å². The molecule has 15 heavy (non-hydrogen) atoms. The third-order valence-electron chi connectivity index (χ3n) is 1.75. The Balaban J connectivity index is 3.15. The first-order valence-corrected chi connectivity index (χ1v) is 5.90. The summed E-state index contributed by atoms with van der Waals surface area (Å²) in [5.74, 6) is -2.02. The van der Waals surface area contributed by atoms with Crippen LogP contribution >= 0.6 is 0 Å². The molecule has 0 amide bonds. The molecule has 0 atom stereocenters. The van der Waals surface area contributed by atoms with Gasteiger partial charge in [0.05, 0.1) is 6.42 Å². The molecule has 82 valence electrons. The smallest absolute Gasteiger partial charge is 0.307 e. The molecule has 1 aromatic rings. The number of sulfone groups is 1. The highest BCUT2D eigenvalue weighted by atomic mass is 32.2. The Morgan fingerprint density at radius 1 is 1.47 bits per heavy atom.